The lowest BCUT2D eigenvalue weighted by atomic mass is 10.1. The number of pyridine rings is 1. The molecule has 0 unspecified atom stereocenters. The number of carbonyl (C=O) groups is 2. The van der Waals surface area contributed by atoms with Crippen molar-refractivity contribution in [3.8, 4) is 23.2 Å². The lowest BCUT2D eigenvalue weighted by molar-refractivity contribution is 0.0240. The lowest BCUT2D eigenvalue weighted by Gasteiger charge is -2.36. The van der Waals surface area contributed by atoms with Gasteiger partial charge in [-0.25, -0.2) is 20.2 Å². The molecule has 2 aromatic heterocycles. The molecule has 10 heteroatoms. The van der Waals surface area contributed by atoms with E-state index in [2.05, 4.69) is 26.8 Å². The Bertz CT molecular complexity index is 1320. The molecule has 0 atom stereocenters. The second-order valence-electron chi connectivity index (χ2n) is 9.40. The first-order valence-electron chi connectivity index (χ1n) is 11.8. The Morgan fingerprint density at radius 2 is 1.70 bits per heavy atom. The summed E-state index contributed by atoms with van der Waals surface area (Å²) in [6, 6.07) is 12.6. The van der Waals surface area contributed by atoms with E-state index in [1.807, 2.05) is 62.1 Å². The monoisotopic (exact) mass is 500 g/mol. The number of rotatable bonds is 3. The average Bonchev–Trinajstić information content (AvgIpc) is 2.91. The fourth-order valence-electron chi connectivity index (χ4n) is 3.63. The van der Waals surface area contributed by atoms with Crippen LogP contribution in [0.4, 0.5) is 10.6 Å². The first-order chi connectivity index (χ1) is 17.7. The van der Waals surface area contributed by atoms with E-state index >= 15 is 0 Å². The third kappa shape index (κ3) is 6.80. The van der Waals surface area contributed by atoms with Gasteiger partial charge in [-0.2, -0.15) is 0 Å². The molecule has 0 aliphatic carbocycles. The number of ether oxygens (including phenoxy) is 1. The summed E-state index contributed by atoms with van der Waals surface area (Å²) >= 11 is 0. The van der Waals surface area contributed by atoms with Crippen LogP contribution in [0.15, 0.2) is 54.9 Å². The standard InChI is InChI=1S/C27H28N6O4/c1-27(2,3)37-26(35)33-15-13-32(14-16-33)23-17-22(25(34)31-36)29-24(30-23)21-10-8-19(9-11-21)6-7-20-5-4-12-28-18-20/h4-5,8-12,17-18,36H,13-16H2,1-3H3,(H,31,34). The molecule has 1 saturated heterocycles. The SMILES string of the molecule is CC(C)(C)OC(=O)N1CCN(c2cc(C(=O)NO)nc(-c3ccc(C#Cc4cccnc4)cc3)n2)CC1. The van der Waals surface area contributed by atoms with Crippen LogP contribution >= 0.6 is 0 Å². The minimum absolute atomic E-state index is 0.0255. The minimum atomic E-state index is -0.740. The summed E-state index contributed by atoms with van der Waals surface area (Å²) in [5.74, 6) is 6.26. The minimum Gasteiger partial charge on any atom is -0.444 e. The largest absolute Gasteiger partial charge is 0.444 e. The fraction of sp³-hybridized carbons (Fsp3) is 0.296. The fourth-order valence-corrected chi connectivity index (χ4v) is 3.63. The van der Waals surface area contributed by atoms with E-state index in [4.69, 9.17) is 4.74 Å². The number of piperazine rings is 1. The van der Waals surface area contributed by atoms with Crippen molar-refractivity contribution in [2.45, 2.75) is 26.4 Å². The van der Waals surface area contributed by atoms with E-state index in [0.717, 1.165) is 11.1 Å². The van der Waals surface area contributed by atoms with E-state index in [1.165, 1.54) is 6.07 Å². The number of amides is 2. The van der Waals surface area contributed by atoms with Crippen molar-refractivity contribution in [1.29, 1.82) is 0 Å². The maximum absolute atomic E-state index is 12.4. The van der Waals surface area contributed by atoms with Gasteiger partial charge in [0.1, 0.15) is 17.1 Å². The summed E-state index contributed by atoms with van der Waals surface area (Å²) in [6.07, 6.45) is 3.03. The summed E-state index contributed by atoms with van der Waals surface area (Å²) in [5.41, 5.74) is 3.40. The van der Waals surface area contributed by atoms with Gasteiger partial charge in [-0.3, -0.25) is 15.0 Å². The predicted octanol–water partition coefficient (Wildman–Crippen LogP) is 3.11. The molecule has 37 heavy (non-hydrogen) atoms. The van der Waals surface area contributed by atoms with Crippen molar-refractivity contribution in [1.82, 2.24) is 25.3 Å². The van der Waals surface area contributed by atoms with Crippen LogP contribution < -0.4 is 10.4 Å². The Balaban J connectivity index is 1.54. The van der Waals surface area contributed by atoms with Gasteiger partial charge in [0.25, 0.3) is 5.91 Å². The van der Waals surface area contributed by atoms with Gasteiger partial charge in [-0.1, -0.05) is 11.8 Å². The number of nitrogens with one attached hydrogen (secondary N) is 1. The highest BCUT2D eigenvalue weighted by molar-refractivity contribution is 5.92. The van der Waals surface area contributed by atoms with E-state index in [9.17, 15) is 14.8 Å². The molecule has 3 heterocycles. The highest BCUT2D eigenvalue weighted by Gasteiger charge is 2.27. The zero-order chi connectivity index (χ0) is 26.4. The van der Waals surface area contributed by atoms with Crippen LogP contribution in [0.25, 0.3) is 11.4 Å². The van der Waals surface area contributed by atoms with Crippen LogP contribution in [-0.4, -0.2) is 68.8 Å². The molecular formula is C27H28N6O4. The summed E-state index contributed by atoms with van der Waals surface area (Å²) in [7, 11) is 0. The smallest absolute Gasteiger partial charge is 0.410 e. The van der Waals surface area contributed by atoms with Crippen LogP contribution in [0.3, 0.4) is 0 Å². The number of anilines is 1. The quantitative estimate of drug-likeness (QED) is 0.320. The molecule has 4 rings (SSSR count). The van der Waals surface area contributed by atoms with Crippen LogP contribution in [0, 0.1) is 11.8 Å². The summed E-state index contributed by atoms with van der Waals surface area (Å²) in [6.45, 7) is 7.38. The Morgan fingerprint density at radius 1 is 1.00 bits per heavy atom. The van der Waals surface area contributed by atoms with E-state index in [1.54, 1.807) is 22.8 Å². The average molecular weight is 501 g/mol. The molecule has 10 nitrogen and oxygen atoms in total. The number of aromatic nitrogens is 3. The molecule has 3 aromatic rings. The highest BCUT2D eigenvalue weighted by atomic mass is 16.6. The van der Waals surface area contributed by atoms with E-state index in [-0.39, 0.29) is 11.8 Å². The van der Waals surface area contributed by atoms with Crippen molar-refractivity contribution >= 4 is 17.8 Å². The number of nitrogens with zero attached hydrogens (tertiary/aromatic N) is 5. The van der Waals surface area contributed by atoms with Crippen LogP contribution in [-0.2, 0) is 4.74 Å². The number of hydrogen-bond donors (Lipinski definition) is 2. The van der Waals surface area contributed by atoms with Crippen molar-refractivity contribution in [3.63, 3.8) is 0 Å². The molecular weight excluding hydrogens is 472 g/mol. The molecule has 0 radical (unpaired) electrons. The van der Waals surface area contributed by atoms with Crippen molar-refractivity contribution in [2.75, 3.05) is 31.1 Å². The number of carbonyl (C=O) groups excluding carboxylic acids is 2. The van der Waals surface area contributed by atoms with Crippen LogP contribution in [0.2, 0.25) is 0 Å². The van der Waals surface area contributed by atoms with Gasteiger partial charge in [0.15, 0.2) is 5.82 Å². The maximum atomic E-state index is 12.4. The summed E-state index contributed by atoms with van der Waals surface area (Å²) in [5, 5.41) is 9.18. The van der Waals surface area contributed by atoms with Gasteiger partial charge in [0.2, 0.25) is 0 Å². The molecule has 1 aromatic carbocycles. The Kier molecular flexibility index (Phi) is 7.65. The lowest BCUT2D eigenvalue weighted by Crippen LogP contribution is -2.50. The molecule has 0 saturated carbocycles. The molecule has 190 valence electrons. The molecule has 1 aliphatic heterocycles. The summed E-state index contributed by atoms with van der Waals surface area (Å²) in [4.78, 5) is 41.3. The molecule has 1 fully saturated rings. The Labute approximate surface area is 215 Å². The third-order valence-corrected chi connectivity index (χ3v) is 5.46. The first-order valence-corrected chi connectivity index (χ1v) is 11.8. The molecule has 2 amide bonds. The van der Waals surface area contributed by atoms with Crippen molar-refractivity contribution < 1.29 is 19.5 Å². The van der Waals surface area contributed by atoms with Gasteiger partial charge in [-0.15, -0.1) is 0 Å². The number of hydroxylamine groups is 1. The number of hydrogen-bond acceptors (Lipinski definition) is 8. The van der Waals surface area contributed by atoms with Crippen LogP contribution in [0.1, 0.15) is 42.4 Å². The Morgan fingerprint density at radius 3 is 2.32 bits per heavy atom. The number of benzene rings is 1. The maximum Gasteiger partial charge on any atom is 0.410 e. The molecule has 0 bridgehead atoms. The summed E-state index contributed by atoms with van der Waals surface area (Å²) < 4.78 is 5.46. The zero-order valence-corrected chi connectivity index (χ0v) is 20.9. The molecule has 1 aliphatic rings. The van der Waals surface area contributed by atoms with Gasteiger partial charge < -0.3 is 14.5 Å². The second kappa shape index (κ2) is 11.1. The van der Waals surface area contributed by atoms with Crippen molar-refractivity contribution in [2.24, 2.45) is 0 Å². The predicted molar refractivity (Wildman–Crippen MR) is 137 cm³/mol. The topological polar surface area (TPSA) is 121 Å². The van der Waals surface area contributed by atoms with Gasteiger partial charge >= 0.3 is 6.09 Å². The normalized spacial score (nSPS) is 13.4. The zero-order valence-electron chi connectivity index (χ0n) is 20.9. The molecule has 2 N–H and O–H groups in total. The Hall–Kier alpha value is -4.49. The van der Waals surface area contributed by atoms with E-state index < -0.39 is 11.5 Å². The van der Waals surface area contributed by atoms with E-state index in [0.29, 0.717) is 43.4 Å². The molecule has 0 spiro atoms. The van der Waals surface area contributed by atoms with Gasteiger partial charge in [0.05, 0.1) is 0 Å². The third-order valence-electron chi connectivity index (χ3n) is 5.46. The second-order valence-corrected chi connectivity index (χ2v) is 9.40. The highest BCUT2D eigenvalue weighted by Crippen LogP contribution is 2.22. The van der Waals surface area contributed by atoms with Gasteiger partial charge in [0, 0.05) is 61.3 Å². The van der Waals surface area contributed by atoms with Crippen molar-refractivity contribution in [3.05, 3.63) is 71.7 Å². The van der Waals surface area contributed by atoms with Gasteiger partial charge in [-0.05, 0) is 57.2 Å². The first kappa shape index (κ1) is 25.6. The van der Waals surface area contributed by atoms with Crippen LogP contribution in [0.5, 0.6) is 0 Å².